The molecule has 1 N–H and O–H groups in total. The maximum Gasteiger partial charge on any atom is 0.314 e. The molecule has 1 unspecified atom stereocenters. The lowest BCUT2D eigenvalue weighted by atomic mass is 9.88. The fourth-order valence-electron chi connectivity index (χ4n) is 2.61. The van der Waals surface area contributed by atoms with Gasteiger partial charge in [-0.1, -0.05) is 13.8 Å². The fourth-order valence-corrected chi connectivity index (χ4v) is 2.61. The number of aliphatic carboxylic acids is 1. The molecule has 1 aromatic heterocycles. The molecular weight excluding hydrogens is 192 g/mol. The van der Waals surface area contributed by atoms with Gasteiger partial charge in [-0.15, -0.1) is 0 Å². The summed E-state index contributed by atoms with van der Waals surface area (Å²) in [7, 11) is 0. The van der Waals surface area contributed by atoms with Gasteiger partial charge < -0.3 is 9.52 Å². The Morgan fingerprint density at radius 1 is 1.47 bits per heavy atom. The number of hydrogen-bond donors (Lipinski definition) is 1. The Hall–Kier alpha value is -1.25. The molecule has 0 amide bonds. The molecule has 0 saturated heterocycles. The van der Waals surface area contributed by atoms with Crippen LogP contribution in [-0.4, -0.2) is 11.1 Å². The summed E-state index contributed by atoms with van der Waals surface area (Å²) in [5.74, 6) is 0.780. The Balaban J connectivity index is 2.54. The van der Waals surface area contributed by atoms with E-state index in [2.05, 4.69) is 0 Å². The largest absolute Gasteiger partial charge is 0.481 e. The zero-order valence-electron chi connectivity index (χ0n) is 9.55. The molecule has 1 aliphatic carbocycles. The number of hydrogen-bond acceptors (Lipinski definition) is 2. The first kappa shape index (κ1) is 10.3. The van der Waals surface area contributed by atoms with Gasteiger partial charge in [0.1, 0.15) is 16.9 Å². The molecule has 1 saturated carbocycles. The number of aryl methyl sites for hydroxylation is 2. The lowest BCUT2D eigenvalue weighted by molar-refractivity contribution is -0.141. The molecule has 1 fully saturated rings. The van der Waals surface area contributed by atoms with Gasteiger partial charge in [0.15, 0.2) is 0 Å². The lowest BCUT2D eigenvalue weighted by Gasteiger charge is -2.14. The molecule has 1 atom stereocenters. The van der Waals surface area contributed by atoms with Crippen molar-refractivity contribution in [1.29, 1.82) is 0 Å². The van der Waals surface area contributed by atoms with Gasteiger partial charge in [0.05, 0.1) is 0 Å². The van der Waals surface area contributed by atoms with Crippen molar-refractivity contribution in [1.82, 2.24) is 0 Å². The van der Waals surface area contributed by atoms with Gasteiger partial charge in [0, 0.05) is 5.56 Å². The van der Waals surface area contributed by atoms with Crippen LogP contribution >= 0.6 is 0 Å². The van der Waals surface area contributed by atoms with Gasteiger partial charge in [-0.2, -0.15) is 0 Å². The Morgan fingerprint density at radius 3 is 2.27 bits per heavy atom. The molecule has 0 bridgehead atoms. The van der Waals surface area contributed by atoms with E-state index in [1.54, 1.807) is 0 Å². The smallest absolute Gasteiger partial charge is 0.314 e. The second-order valence-electron chi connectivity index (χ2n) is 5.10. The SMILES string of the molecule is Cc1cc(C2(C(=O)O)CC2(C)C)c(C)o1. The van der Waals surface area contributed by atoms with Gasteiger partial charge in [-0.25, -0.2) is 0 Å². The predicted molar refractivity (Wildman–Crippen MR) is 55.9 cm³/mol. The Morgan fingerprint density at radius 2 is 2.00 bits per heavy atom. The van der Waals surface area contributed by atoms with Crippen LogP contribution in [0.3, 0.4) is 0 Å². The van der Waals surface area contributed by atoms with E-state index in [1.165, 1.54) is 0 Å². The molecule has 0 aromatic carbocycles. The first-order valence-corrected chi connectivity index (χ1v) is 5.12. The highest BCUT2D eigenvalue weighted by molar-refractivity contribution is 5.87. The van der Waals surface area contributed by atoms with Crippen LogP contribution in [0.15, 0.2) is 10.5 Å². The summed E-state index contributed by atoms with van der Waals surface area (Å²) in [6, 6.07) is 1.86. The first-order chi connectivity index (χ1) is 6.81. The minimum atomic E-state index is -0.739. The topological polar surface area (TPSA) is 50.4 Å². The molecule has 3 nitrogen and oxygen atoms in total. The molecule has 0 radical (unpaired) electrons. The summed E-state index contributed by atoms with van der Waals surface area (Å²) in [6.07, 6.45) is 0.690. The van der Waals surface area contributed by atoms with Gasteiger partial charge in [-0.3, -0.25) is 4.79 Å². The minimum Gasteiger partial charge on any atom is -0.481 e. The van der Waals surface area contributed by atoms with Crippen molar-refractivity contribution in [2.75, 3.05) is 0 Å². The Bertz CT molecular complexity index is 428. The summed E-state index contributed by atoms with van der Waals surface area (Å²) in [5.41, 5.74) is -0.0492. The van der Waals surface area contributed by atoms with E-state index in [-0.39, 0.29) is 5.41 Å². The van der Waals surface area contributed by atoms with Crippen LogP contribution < -0.4 is 0 Å². The molecule has 15 heavy (non-hydrogen) atoms. The average Bonchev–Trinajstić information content (AvgIpc) is 2.50. The summed E-state index contributed by atoms with van der Waals surface area (Å²) in [5, 5.41) is 9.38. The minimum absolute atomic E-state index is 0.167. The molecule has 1 heterocycles. The average molecular weight is 208 g/mol. The van der Waals surface area contributed by atoms with Crippen LogP contribution in [0.1, 0.15) is 37.4 Å². The molecular formula is C12H16O3. The highest BCUT2D eigenvalue weighted by atomic mass is 16.4. The third-order valence-electron chi connectivity index (χ3n) is 3.60. The number of rotatable bonds is 2. The van der Waals surface area contributed by atoms with E-state index < -0.39 is 11.4 Å². The molecule has 82 valence electrons. The van der Waals surface area contributed by atoms with Crippen molar-refractivity contribution in [2.45, 2.75) is 39.5 Å². The molecule has 1 aliphatic rings. The maximum absolute atomic E-state index is 11.4. The summed E-state index contributed by atoms with van der Waals surface area (Å²) < 4.78 is 5.42. The number of carbonyl (C=O) groups is 1. The summed E-state index contributed by atoms with van der Waals surface area (Å²) in [4.78, 5) is 11.4. The van der Waals surface area contributed by atoms with E-state index in [0.717, 1.165) is 17.1 Å². The fraction of sp³-hybridized carbons (Fsp3) is 0.583. The quantitative estimate of drug-likeness (QED) is 0.812. The van der Waals surface area contributed by atoms with Crippen LogP contribution in [0.25, 0.3) is 0 Å². The van der Waals surface area contributed by atoms with Crippen LogP contribution in [0.5, 0.6) is 0 Å². The number of carboxylic acids is 1. The van der Waals surface area contributed by atoms with Gasteiger partial charge in [0.25, 0.3) is 0 Å². The third-order valence-corrected chi connectivity index (χ3v) is 3.60. The van der Waals surface area contributed by atoms with Crippen molar-refractivity contribution in [3.63, 3.8) is 0 Å². The molecule has 2 rings (SSSR count). The number of furan rings is 1. The second-order valence-corrected chi connectivity index (χ2v) is 5.10. The summed E-state index contributed by atoms with van der Waals surface area (Å²) >= 11 is 0. The zero-order valence-corrected chi connectivity index (χ0v) is 9.55. The molecule has 0 aliphatic heterocycles. The van der Waals surface area contributed by atoms with E-state index in [4.69, 9.17) is 4.42 Å². The van der Waals surface area contributed by atoms with Crippen molar-refractivity contribution in [3.05, 3.63) is 23.2 Å². The van der Waals surface area contributed by atoms with E-state index in [0.29, 0.717) is 6.42 Å². The number of carboxylic acid groups (broad SMARTS) is 1. The third kappa shape index (κ3) is 1.15. The maximum atomic E-state index is 11.4. The Labute approximate surface area is 89.1 Å². The van der Waals surface area contributed by atoms with Gasteiger partial charge in [0.2, 0.25) is 0 Å². The van der Waals surface area contributed by atoms with E-state index in [1.807, 2.05) is 33.8 Å². The molecule has 3 heteroatoms. The van der Waals surface area contributed by atoms with Crippen molar-refractivity contribution in [3.8, 4) is 0 Å². The summed E-state index contributed by atoms with van der Waals surface area (Å²) in [6.45, 7) is 7.66. The van der Waals surface area contributed by atoms with Crippen molar-refractivity contribution in [2.24, 2.45) is 5.41 Å². The monoisotopic (exact) mass is 208 g/mol. The van der Waals surface area contributed by atoms with Crippen LogP contribution in [0, 0.1) is 19.3 Å². The van der Waals surface area contributed by atoms with Gasteiger partial charge >= 0.3 is 5.97 Å². The standard InChI is InChI=1S/C12H16O3/c1-7-5-9(8(2)15-7)12(10(13)14)6-11(12,3)4/h5H,6H2,1-4H3,(H,13,14). The van der Waals surface area contributed by atoms with Crippen LogP contribution in [0.2, 0.25) is 0 Å². The second kappa shape index (κ2) is 2.65. The van der Waals surface area contributed by atoms with E-state index >= 15 is 0 Å². The molecule has 0 spiro atoms. The normalized spacial score (nSPS) is 27.7. The van der Waals surface area contributed by atoms with Crippen LogP contribution in [-0.2, 0) is 10.2 Å². The lowest BCUT2D eigenvalue weighted by Crippen LogP contribution is -2.25. The highest BCUT2D eigenvalue weighted by Crippen LogP contribution is 2.65. The van der Waals surface area contributed by atoms with E-state index in [9.17, 15) is 9.90 Å². The zero-order chi connectivity index (χ0) is 11.4. The van der Waals surface area contributed by atoms with Crippen molar-refractivity contribution < 1.29 is 14.3 Å². The highest BCUT2D eigenvalue weighted by Gasteiger charge is 2.68. The van der Waals surface area contributed by atoms with Gasteiger partial charge in [-0.05, 0) is 31.7 Å². The molecule has 1 aromatic rings. The van der Waals surface area contributed by atoms with Crippen LogP contribution in [0.4, 0.5) is 0 Å². The predicted octanol–water partition coefficient (Wildman–Crippen LogP) is 2.65. The van der Waals surface area contributed by atoms with Crippen molar-refractivity contribution >= 4 is 5.97 Å². The first-order valence-electron chi connectivity index (χ1n) is 5.12. The Kier molecular flexibility index (Phi) is 1.82.